The Bertz CT molecular complexity index is 685. The van der Waals surface area contributed by atoms with Crippen molar-refractivity contribution in [2.75, 3.05) is 0 Å². The van der Waals surface area contributed by atoms with E-state index in [-0.39, 0.29) is 11.7 Å². The molecule has 0 bridgehead atoms. The Hall–Kier alpha value is -2.09. The molecule has 3 aromatic rings. The molecule has 1 nitrogen and oxygen atoms in total. The number of rotatable bonds is 3. The van der Waals surface area contributed by atoms with Crippen LogP contribution in [-0.2, 0) is 0 Å². The maximum atomic E-state index is 14.1. The molecule has 96 valence electrons. The van der Waals surface area contributed by atoms with E-state index in [1.165, 1.54) is 5.56 Å². The molecule has 1 aromatic heterocycles. The van der Waals surface area contributed by atoms with Crippen LogP contribution in [0, 0.1) is 5.82 Å². The molecule has 0 saturated carbocycles. The van der Waals surface area contributed by atoms with Crippen molar-refractivity contribution in [1.29, 1.82) is 0 Å². The van der Waals surface area contributed by atoms with Gasteiger partial charge in [0, 0.05) is 17.5 Å². The topological polar surface area (TPSA) is 15.8 Å². The molecular formula is C17H16FN. The summed E-state index contributed by atoms with van der Waals surface area (Å²) >= 11 is 0. The smallest absolute Gasteiger partial charge is 0.147 e. The van der Waals surface area contributed by atoms with Crippen LogP contribution in [0.5, 0.6) is 0 Å². The van der Waals surface area contributed by atoms with E-state index in [1.54, 1.807) is 12.3 Å². The molecule has 1 N–H and O–H groups in total. The van der Waals surface area contributed by atoms with E-state index in [9.17, 15) is 4.39 Å². The molecule has 1 heterocycles. The first-order valence-corrected chi connectivity index (χ1v) is 6.61. The molecule has 0 fully saturated rings. The van der Waals surface area contributed by atoms with Crippen molar-refractivity contribution < 1.29 is 4.39 Å². The lowest BCUT2D eigenvalue weighted by Crippen LogP contribution is -2.00. The molecule has 1 atom stereocenters. The summed E-state index contributed by atoms with van der Waals surface area (Å²) in [7, 11) is 0. The van der Waals surface area contributed by atoms with Crippen LogP contribution in [0.2, 0.25) is 0 Å². The Balaban J connectivity index is 2.11. The maximum absolute atomic E-state index is 14.1. The average molecular weight is 253 g/mol. The van der Waals surface area contributed by atoms with Gasteiger partial charge in [0.2, 0.25) is 0 Å². The third-order valence-electron chi connectivity index (χ3n) is 3.65. The zero-order valence-electron chi connectivity index (χ0n) is 10.9. The van der Waals surface area contributed by atoms with Crippen LogP contribution in [0.1, 0.15) is 30.4 Å². The monoisotopic (exact) mass is 253 g/mol. The molecule has 0 aliphatic carbocycles. The summed E-state index contributed by atoms with van der Waals surface area (Å²) in [6, 6.07) is 15.9. The second-order valence-corrected chi connectivity index (χ2v) is 4.82. The number of nitrogens with one attached hydrogen (secondary N) is 1. The number of benzene rings is 2. The third kappa shape index (κ3) is 2.14. The lowest BCUT2D eigenvalue weighted by molar-refractivity contribution is 0.632. The minimum atomic E-state index is -0.174. The fraction of sp³-hybridized carbons (Fsp3) is 0.176. The first-order chi connectivity index (χ1) is 9.29. The van der Waals surface area contributed by atoms with Crippen LogP contribution >= 0.6 is 0 Å². The zero-order valence-corrected chi connectivity index (χ0v) is 10.9. The number of hydrogen-bond donors (Lipinski definition) is 1. The van der Waals surface area contributed by atoms with Gasteiger partial charge in [0.15, 0.2) is 0 Å². The summed E-state index contributed by atoms with van der Waals surface area (Å²) in [5.74, 6) is 0.0712. The molecule has 0 amide bonds. The minimum absolute atomic E-state index is 0.174. The summed E-state index contributed by atoms with van der Waals surface area (Å²) in [5.41, 5.74) is 2.87. The van der Waals surface area contributed by atoms with Gasteiger partial charge in [-0.05, 0) is 35.7 Å². The van der Waals surface area contributed by atoms with Gasteiger partial charge in [-0.3, -0.25) is 0 Å². The molecule has 2 heteroatoms. The molecule has 0 aliphatic heterocycles. The van der Waals surface area contributed by atoms with E-state index in [0.29, 0.717) is 5.52 Å². The number of H-pyrrole nitrogens is 1. The highest BCUT2D eigenvalue weighted by atomic mass is 19.1. The molecule has 2 aromatic carbocycles. The van der Waals surface area contributed by atoms with Gasteiger partial charge in [-0.15, -0.1) is 0 Å². The zero-order chi connectivity index (χ0) is 13.2. The van der Waals surface area contributed by atoms with Gasteiger partial charge in [-0.2, -0.15) is 0 Å². The summed E-state index contributed by atoms with van der Waals surface area (Å²) in [4.78, 5) is 2.94. The van der Waals surface area contributed by atoms with Crippen molar-refractivity contribution in [3.05, 3.63) is 71.7 Å². The number of aromatic nitrogens is 1. The van der Waals surface area contributed by atoms with Gasteiger partial charge in [0.25, 0.3) is 0 Å². The predicted octanol–water partition coefficient (Wildman–Crippen LogP) is 4.85. The summed E-state index contributed by atoms with van der Waals surface area (Å²) < 4.78 is 14.1. The third-order valence-corrected chi connectivity index (χ3v) is 3.65. The molecule has 3 rings (SSSR count). The van der Waals surface area contributed by atoms with Crippen molar-refractivity contribution in [2.24, 2.45) is 0 Å². The Morgan fingerprint density at radius 1 is 1.05 bits per heavy atom. The summed E-state index contributed by atoms with van der Waals surface area (Å²) in [6.45, 7) is 2.14. The van der Waals surface area contributed by atoms with Crippen molar-refractivity contribution in [2.45, 2.75) is 19.3 Å². The minimum Gasteiger partial charge on any atom is -0.359 e. The van der Waals surface area contributed by atoms with Crippen molar-refractivity contribution in [3.63, 3.8) is 0 Å². The molecule has 0 saturated heterocycles. The van der Waals surface area contributed by atoms with Gasteiger partial charge in [-0.25, -0.2) is 4.39 Å². The lowest BCUT2D eigenvalue weighted by atomic mass is 9.88. The highest BCUT2D eigenvalue weighted by molar-refractivity contribution is 5.80. The quantitative estimate of drug-likeness (QED) is 0.686. The highest BCUT2D eigenvalue weighted by Gasteiger charge is 2.14. The van der Waals surface area contributed by atoms with Crippen LogP contribution in [0.3, 0.4) is 0 Å². The Morgan fingerprint density at radius 3 is 2.58 bits per heavy atom. The SMILES string of the molecule is CCC(c1ccccc1)c1cc(F)c2[nH]ccc2c1. The molecule has 19 heavy (non-hydrogen) atoms. The lowest BCUT2D eigenvalue weighted by Gasteiger charge is -2.16. The van der Waals surface area contributed by atoms with Crippen LogP contribution in [-0.4, -0.2) is 4.98 Å². The maximum Gasteiger partial charge on any atom is 0.147 e. The molecule has 0 spiro atoms. The normalized spacial score (nSPS) is 12.7. The van der Waals surface area contributed by atoms with Gasteiger partial charge in [0.1, 0.15) is 5.82 Å². The number of aromatic amines is 1. The van der Waals surface area contributed by atoms with Gasteiger partial charge >= 0.3 is 0 Å². The summed E-state index contributed by atoms with van der Waals surface area (Å²) in [5, 5.41) is 0.935. The van der Waals surface area contributed by atoms with Crippen molar-refractivity contribution >= 4 is 10.9 Å². The second kappa shape index (κ2) is 4.88. The molecule has 0 radical (unpaired) electrons. The fourth-order valence-corrected chi connectivity index (χ4v) is 2.70. The Kier molecular flexibility index (Phi) is 3.08. The van der Waals surface area contributed by atoms with E-state index in [4.69, 9.17) is 0 Å². The summed E-state index contributed by atoms with van der Waals surface area (Å²) in [6.07, 6.45) is 2.74. The van der Waals surface area contributed by atoms with Gasteiger partial charge < -0.3 is 4.98 Å². The van der Waals surface area contributed by atoms with Crippen molar-refractivity contribution in [1.82, 2.24) is 4.98 Å². The Morgan fingerprint density at radius 2 is 1.84 bits per heavy atom. The van der Waals surface area contributed by atoms with E-state index >= 15 is 0 Å². The largest absolute Gasteiger partial charge is 0.359 e. The standard InChI is InChI=1S/C17H16FN/c1-2-15(12-6-4-3-5-7-12)14-10-13-8-9-19-17(13)16(18)11-14/h3-11,15,19H,2H2,1H3. The van der Waals surface area contributed by atoms with Crippen LogP contribution in [0.15, 0.2) is 54.7 Å². The fourth-order valence-electron chi connectivity index (χ4n) is 2.70. The number of halogens is 1. The van der Waals surface area contributed by atoms with E-state index in [1.807, 2.05) is 24.3 Å². The molecular weight excluding hydrogens is 237 g/mol. The second-order valence-electron chi connectivity index (χ2n) is 4.82. The highest BCUT2D eigenvalue weighted by Crippen LogP contribution is 2.31. The van der Waals surface area contributed by atoms with E-state index < -0.39 is 0 Å². The average Bonchev–Trinajstić information content (AvgIpc) is 2.90. The Labute approximate surface area is 112 Å². The molecule has 1 unspecified atom stereocenters. The molecule has 0 aliphatic rings. The van der Waals surface area contributed by atoms with Crippen LogP contribution in [0.4, 0.5) is 4.39 Å². The number of hydrogen-bond acceptors (Lipinski definition) is 0. The van der Waals surface area contributed by atoms with Crippen molar-refractivity contribution in [3.8, 4) is 0 Å². The van der Waals surface area contributed by atoms with Gasteiger partial charge in [-0.1, -0.05) is 37.3 Å². The van der Waals surface area contributed by atoms with Crippen LogP contribution < -0.4 is 0 Å². The van der Waals surface area contributed by atoms with E-state index in [0.717, 1.165) is 17.4 Å². The number of fused-ring (bicyclic) bond motifs is 1. The van der Waals surface area contributed by atoms with E-state index in [2.05, 4.69) is 30.1 Å². The first kappa shape index (κ1) is 12.0. The predicted molar refractivity (Wildman–Crippen MR) is 76.8 cm³/mol. The van der Waals surface area contributed by atoms with Crippen LogP contribution in [0.25, 0.3) is 10.9 Å². The first-order valence-electron chi connectivity index (χ1n) is 6.61. The van der Waals surface area contributed by atoms with Gasteiger partial charge in [0.05, 0.1) is 5.52 Å².